The van der Waals surface area contributed by atoms with Gasteiger partial charge in [0, 0.05) is 19.5 Å². The molecule has 1 amide bonds. The van der Waals surface area contributed by atoms with Gasteiger partial charge in [0.15, 0.2) is 0 Å². The van der Waals surface area contributed by atoms with Gasteiger partial charge in [0.25, 0.3) is 0 Å². The zero-order valence-electron chi connectivity index (χ0n) is 16.1. The summed E-state index contributed by atoms with van der Waals surface area (Å²) in [4.78, 5) is 14.6. The van der Waals surface area contributed by atoms with E-state index in [1.54, 1.807) is 18.2 Å². The van der Waals surface area contributed by atoms with Crippen LogP contribution in [0.25, 0.3) is 0 Å². The van der Waals surface area contributed by atoms with E-state index in [9.17, 15) is 13.2 Å². The van der Waals surface area contributed by atoms with Gasteiger partial charge in [-0.15, -0.1) is 0 Å². The molecule has 0 saturated heterocycles. The molecule has 1 fully saturated rings. The molecule has 1 aliphatic rings. The molecule has 1 aromatic rings. The van der Waals surface area contributed by atoms with Crippen molar-refractivity contribution >= 4 is 16.0 Å². The lowest BCUT2D eigenvalue weighted by molar-refractivity contribution is -0.132. The highest BCUT2D eigenvalue weighted by molar-refractivity contribution is 7.86. The van der Waals surface area contributed by atoms with E-state index in [-0.39, 0.29) is 11.7 Å². The van der Waals surface area contributed by atoms with Crippen molar-refractivity contribution in [1.82, 2.24) is 4.90 Å². The summed E-state index contributed by atoms with van der Waals surface area (Å²) in [6.07, 6.45) is 7.69. The monoisotopic (exact) mass is 381 g/mol. The Kier molecular flexibility index (Phi) is 7.50. The van der Waals surface area contributed by atoms with Crippen LogP contribution in [0.5, 0.6) is 5.75 Å². The van der Waals surface area contributed by atoms with Crippen molar-refractivity contribution in [2.45, 2.75) is 58.9 Å². The molecule has 0 aliphatic heterocycles. The van der Waals surface area contributed by atoms with Crippen LogP contribution in [0.4, 0.5) is 0 Å². The number of rotatable bonds is 9. The van der Waals surface area contributed by atoms with E-state index >= 15 is 0 Å². The summed E-state index contributed by atoms with van der Waals surface area (Å²) in [5.74, 6) is 1.54. The molecule has 0 atom stereocenters. The van der Waals surface area contributed by atoms with Gasteiger partial charge in [0.1, 0.15) is 5.75 Å². The Hall–Kier alpha value is -1.56. The Bertz CT molecular complexity index is 694. The quantitative estimate of drug-likeness (QED) is 0.607. The van der Waals surface area contributed by atoms with E-state index < -0.39 is 10.1 Å². The molecule has 0 radical (unpaired) electrons. The van der Waals surface area contributed by atoms with E-state index in [0.717, 1.165) is 18.2 Å². The van der Waals surface area contributed by atoms with E-state index in [0.29, 0.717) is 31.3 Å². The summed E-state index contributed by atoms with van der Waals surface area (Å²) in [5, 5.41) is 0. The van der Waals surface area contributed by atoms with Gasteiger partial charge in [0.05, 0.1) is 6.26 Å². The summed E-state index contributed by atoms with van der Waals surface area (Å²) >= 11 is 0. The Balaban J connectivity index is 2.01. The van der Waals surface area contributed by atoms with Gasteiger partial charge < -0.3 is 9.08 Å². The second-order valence-electron chi connectivity index (χ2n) is 7.79. The molecule has 0 aromatic heterocycles. The molecule has 0 heterocycles. The molecule has 146 valence electrons. The maximum atomic E-state index is 12.8. The molecule has 5 nitrogen and oxygen atoms in total. The van der Waals surface area contributed by atoms with Gasteiger partial charge in [-0.05, 0) is 36.0 Å². The fourth-order valence-corrected chi connectivity index (χ4v) is 4.02. The van der Waals surface area contributed by atoms with Crippen molar-refractivity contribution in [2.24, 2.45) is 11.8 Å². The van der Waals surface area contributed by atoms with Crippen LogP contribution in [-0.2, 0) is 21.5 Å². The van der Waals surface area contributed by atoms with Crippen LogP contribution in [0.15, 0.2) is 24.3 Å². The van der Waals surface area contributed by atoms with Crippen LogP contribution >= 0.6 is 0 Å². The van der Waals surface area contributed by atoms with Crippen molar-refractivity contribution in [1.29, 1.82) is 0 Å². The Morgan fingerprint density at radius 3 is 2.58 bits per heavy atom. The molecular formula is C20H31NO4S. The molecule has 0 N–H and O–H groups in total. The summed E-state index contributed by atoms with van der Waals surface area (Å²) in [5.41, 5.74) is 0.876. The largest absolute Gasteiger partial charge is 0.383 e. The Morgan fingerprint density at radius 2 is 1.96 bits per heavy atom. The third-order valence-electron chi connectivity index (χ3n) is 4.70. The van der Waals surface area contributed by atoms with Gasteiger partial charge in [-0.25, -0.2) is 0 Å². The Labute approximate surface area is 157 Å². The van der Waals surface area contributed by atoms with Crippen LogP contribution in [0.3, 0.4) is 0 Å². The summed E-state index contributed by atoms with van der Waals surface area (Å²) < 4.78 is 27.6. The topological polar surface area (TPSA) is 63.7 Å². The third kappa shape index (κ3) is 7.36. The van der Waals surface area contributed by atoms with Crippen LogP contribution in [-0.4, -0.2) is 32.0 Å². The smallest absolute Gasteiger partial charge is 0.306 e. The van der Waals surface area contributed by atoms with E-state index in [2.05, 4.69) is 13.8 Å². The number of hydrogen-bond acceptors (Lipinski definition) is 4. The SMILES string of the molecule is CC(C)CN(Cc1cccc(OS(C)(=O)=O)c1)C(=O)CCC1CCCC1. The number of nitrogens with zero attached hydrogens (tertiary/aromatic N) is 1. The molecule has 2 rings (SSSR count). The van der Waals surface area contributed by atoms with Crippen molar-refractivity contribution in [3.05, 3.63) is 29.8 Å². The molecule has 0 unspecified atom stereocenters. The first-order valence-corrected chi connectivity index (χ1v) is 11.3. The maximum Gasteiger partial charge on any atom is 0.306 e. The Morgan fingerprint density at radius 1 is 1.27 bits per heavy atom. The average molecular weight is 382 g/mol. The predicted octanol–water partition coefficient (Wildman–Crippen LogP) is 3.98. The van der Waals surface area contributed by atoms with Crippen molar-refractivity contribution in [3.8, 4) is 5.75 Å². The third-order valence-corrected chi connectivity index (χ3v) is 5.19. The number of carbonyl (C=O) groups is 1. The van der Waals surface area contributed by atoms with Gasteiger partial charge in [-0.3, -0.25) is 4.79 Å². The number of amides is 1. The zero-order valence-corrected chi connectivity index (χ0v) is 16.9. The fourth-order valence-electron chi connectivity index (χ4n) is 3.57. The van der Waals surface area contributed by atoms with E-state index in [1.165, 1.54) is 25.7 Å². The minimum absolute atomic E-state index is 0.181. The number of carbonyl (C=O) groups excluding carboxylic acids is 1. The van der Waals surface area contributed by atoms with E-state index in [4.69, 9.17) is 4.18 Å². The minimum atomic E-state index is -3.56. The average Bonchev–Trinajstić information content (AvgIpc) is 3.03. The molecule has 1 saturated carbocycles. The summed E-state index contributed by atoms with van der Waals surface area (Å²) in [6.45, 7) is 5.37. The summed E-state index contributed by atoms with van der Waals surface area (Å²) in [7, 11) is -3.56. The number of benzene rings is 1. The normalized spacial score (nSPS) is 15.4. The second kappa shape index (κ2) is 9.40. The lowest BCUT2D eigenvalue weighted by Crippen LogP contribution is -2.33. The van der Waals surface area contributed by atoms with Gasteiger partial charge >= 0.3 is 10.1 Å². The molecular weight excluding hydrogens is 350 g/mol. The molecule has 0 spiro atoms. The maximum absolute atomic E-state index is 12.8. The highest BCUT2D eigenvalue weighted by Crippen LogP contribution is 2.29. The summed E-state index contributed by atoms with van der Waals surface area (Å²) in [6, 6.07) is 6.96. The van der Waals surface area contributed by atoms with Crippen LogP contribution in [0, 0.1) is 11.8 Å². The molecule has 26 heavy (non-hydrogen) atoms. The van der Waals surface area contributed by atoms with Crippen LogP contribution in [0.1, 0.15) is 57.9 Å². The molecule has 1 aliphatic carbocycles. The molecule has 0 bridgehead atoms. The van der Waals surface area contributed by atoms with E-state index in [1.807, 2.05) is 11.0 Å². The fraction of sp³-hybridized carbons (Fsp3) is 0.650. The van der Waals surface area contributed by atoms with Gasteiger partial charge in [-0.1, -0.05) is 51.7 Å². The van der Waals surface area contributed by atoms with Crippen molar-refractivity contribution in [2.75, 3.05) is 12.8 Å². The zero-order chi connectivity index (χ0) is 19.2. The van der Waals surface area contributed by atoms with Crippen LogP contribution in [0.2, 0.25) is 0 Å². The number of hydrogen-bond donors (Lipinski definition) is 0. The molecule has 1 aromatic carbocycles. The first-order chi connectivity index (χ1) is 12.2. The lowest BCUT2D eigenvalue weighted by Gasteiger charge is -2.25. The van der Waals surface area contributed by atoms with Crippen molar-refractivity contribution < 1.29 is 17.4 Å². The standard InChI is InChI=1S/C20H31NO4S/c1-16(2)14-21(20(22)12-11-17-7-4-5-8-17)15-18-9-6-10-19(13-18)25-26(3,23)24/h6,9-10,13,16-17H,4-5,7-8,11-12,14-15H2,1-3H3. The highest BCUT2D eigenvalue weighted by Gasteiger charge is 2.20. The van der Waals surface area contributed by atoms with Crippen molar-refractivity contribution in [3.63, 3.8) is 0 Å². The lowest BCUT2D eigenvalue weighted by atomic mass is 10.0. The van der Waals surface area contributed by atoms with Gasteiger partial charge in [0.2, 0.25) is 5.91 Å². The second-order valence-corrected chi connectivity index (χ2v) is 9.37. The highest BCUT2D eigenvalue weighted by atomic mass is 32.2. The van der Waals surface area contributed by atoms with Gasteiger partial charge in [-0.2, -0.15) is 8.42 Å². The first kappa shape index (κ1) is 20.7. The van der Waals surface area contributed by atoms with Crippen LogP contribution < -0.4 is 4.18 Å². The predicted molar refractivity (Wildman–Crippen MR) is 103 cm³/mol. The first-order valence-electron chi connectivity index (χ1n) is 9.49. The molecule has 6 heteroatoms. The minimum Gasteiger partial charge on any atom is -0.383 e.